The van der Waals surface area contributed by atoms with E-state index in [1.165, 1.54) is 13.3 Å². The molecule has 16 heavy (non-hydrogen) atoms. The largest absolute Gasteiger partial charge is 0.458 e. The first kappa shape index (κ1) is 13.3. The van der Waals surface area contributed by atoms with Crippen molar-refractivity contribution < 1.29 is 9.53 Å². The fourth-order valence-corrected chi connectivity index (χ4v) is 3.36. The predicted molar refractivity (Wildman–Crippen MR) is 66.1 cm³/mol. The number of carbonyl (C=O) groups is 1. The van der Waals surface area contributed by atoms with Gasteiger partial charge in [-0.1, -0.05) is 33.3 Å². The number of hydrogen-bond donors (Lipinski definition) is 0. The van der Waals surface area contributed by atoms with Crippen LogP contribution in [0.4, 0.5) is 0 Å². The highest BCUT2D eigenvalue weighted by atomic mass is 16.6. The molecule has 0 saturated heterocycles. The van der Waals surface area contributed by atoms with Gasteiger partial charge in [-0.15, -0.1) is 6.58 Å². The lowest BCUT2D eigenvalue weighted by Gasteiger charge is -2.53. The second kappa shape index (κ2) is 4.60. The van der Waals surface area contributed by atoms with Crippen LogP contribution in [0, 0.1) is 11.3 Å². The van der Waals surface area contributed by atoms with Crippen molar-refractivity contribution >= 4 is 5.97 Å². The molecule has 1 aliphatic rings. The van der Waals surface area contributed by atoms with Crippen LogP contribution in [0.15, 0.2) is 12.7 Å². The van der Waals surface area contributed by atoms with E-state index < -0.39 is 0 Å². The van der Waals surface area contributed by atoms with Crippen LogP contribution in [0.1, 0.15) is 53.4 Å². The van der Waals surface area contributed by atoms with E-state index in [2.05, 4.69) is 27.4 Å². The van der Waals surface area contributed by atoms with E-state index in [1.807, 2.05) is 6.08 Å². The topological polar surface area (TPSA) is 26.3 Å². The zero-order valence-electron chi connectivity index (χ0n) is 11.0. The molecule has 0 spiro atoms. The highest BCUT2D eigenvalue weighted by Gasteiger charge is 2.53. The molecule has 1 aliphatic carbocycles. The Morgan fingerprint density at radius 2 is 2.25 bits per heavy atom. The smallest absolute Gasteiger partial charge is 0.303 e. The van der Waals surface area contributed by atoms with Gasteiger partial charge in [-0.05, 0) is 25.2 Å². The Morgan fingerprint density at radius 3 is 2.69 bits per heavy atom. The third-order valence-electron chi connectivity index (χ3n) is 4.40. The molecule has 0 aromatic heterocycles. The van der Waals surface area contributed by atoms with E-state index >= 15 is 0 Å². The molecule has 0 heterocycles. The van der Waals surface area contributed by atoms with Crippen molar-refractivity contribution in [2.75, 3.05) is 0 Å². The van der Waals surface area contributed by atoms with Gasteiger partial charge in [0.2, 0.25) is 0 Å². The zero-order valence-corrected chi connectivity index (χ0v) is 11.0. The summed E-state index contributed by atoms with van der Waals surface area (Å²) in [6.07, 6.45) is 6.21. The Hall–Kier alpha value is -0.790. The lowest BCUT2D eigenvalue weighted by molar-refractivity contribution is -0.188. The molecule has 0 N–H and O–H groups in total. The number of hydrogen-bond acceptors (Lipinski definition) is 2. The molecule has 0 aromatic rings. The fourth-order valence-electron chi connectivity index (χ4n) is 3.36. The highest BCUT2D eigenvalue weighted by molar-refractivity contribution is 5.66. The van der Waals surface area contributed by atoms with E-state index in [1.54, 1.807) is 0 Å². The first-order valence-corrected chi connectivity index (χ1v) is 6.25. The molecule has 0 aromatic carbocycles. The SMILES string of the molecule is C=C[C@]1(C)CCC[C@@H](C)[C@@]1(CC)OC(C)=O. The van der Waals surface area contributed by atoms with Crippen molar-refractivity contribution in [1.82, 2.24) is 0 Å². The summed E-state index contributed by atoms with van der Waals surface area (Å²) in [6.45, 7) is 11.9. The monoisotopic (exact) mass is 224 g/mol. The molecule has 1 saturated carbocycles. The predicted octanol–water partition coefficient (Wildman–Crippen LogP) is 3.71. The Morgan fingerprint density at radius 1 is 1.62 bits per heavy atom. The van der Waals surface area contributed by atoms with Crippen LogP contribution in [-0.2, 0) is 9.53 Å². The summed E-state index contributed by atoms with van der Waals surface area (Å²) in [5, 5.41) is 0. The minimum Gasteiger partial charge on any atom is -0.458 e. The van der Waals surface area contributed by atoms with Crippen LogP contribution >= 0.6 is 0 Å². The molecule has 0 aliphatic heterocycles. The second-order valence-electron chi connectivity index (χ2n) is 5.25. The van der Waals surface area contributed by atoms with Gasteiger partial charge in [0.25, 0.3) is 0 Å². The van der Waals surface area contributed by atoms with Gasteiger partial charge in [0.15, 0.2) is 0 Å². The fraction of sp³-hybridized carbons (Fsp3) is 0.786. The van der Waals surface area contributed by atoms with Gasteiger partial charge in [-0.2, -0.15) is 0 Å². The van der Waals surface area contributed by atoms with Crippen LogP contribution in [0.3, 0.4) is 0 Å². The Labute approximate surface area is 99.1 Å². The van der Waals surface area contributed by atoms with Gasteiger partial charge in [0.1, 0.15) is 5.60 Å². The summed E-state index contributed by atoms with van der Waals surface area (Å²) in [6, 6.07) is 0. The average molecular weight is 224 g/mol. The molecule has 3 atom stereocenters. The van der Waals surface area contributed by atoms with Crippen LogP contribution in [0.25, 0.3) is 0 Å². The van der Waals surface area contributed by atoms with Crippen molar-refractivity contribution in [3.63, 3.8) is 0 Å². The lowest BCUT2D eigenvalue weighted by Crippen LogP contribution is -2.55. The van der Waals surface area contributed by atoms with E-state index in [-0.39, 0.29) is 17.0 Å². The minimum absolute atomic E-state index is 0.0922. The van der Waals surface area contributed by atoms with E-state index in [9.17, 15) is 4.79 Å². The van der Waals surface area contributed by atoms with Crippen molar-refractivity contribution in [3.8, 4) is 0 Å². The van der Waals surface area contributed by atoms with Crippen molar-refractivity contribution in [2.45, 2.75) is 59.0 Å². The van der Waals surface area contributed by atoms with Crippen LogP contribution in [0.5, 0.6) is 0 Å². The number of ether oxygens (including phenoxy) is 1. The van der Waals surface area contributed by atoms with Gasteiger partial charge in [0.05, 0.1) is 0 Å². The molecule has 2 nitrogen and oxygen atoms in total. The molecule has 1 rings (SSSR count). The zero-order chi connectivity index (χ0) is 12.4. The summed E-state index contributed by atoms with van der Waals surface area (Å²) >= 11 is 0. The van der Waals surface area contributed by atoms with Gasteiger partial charge in [-0.25, -0.2) is 0 Å². The van der Waals surface area contributed by atoms with E-state index in [0.29, 0.717) is 5.92 Å². The molecule has 0 amide bonds. The van der Waals surface area contributed by atoms with Crippen molar-refractivity contribution in [3.05, 3.63) is 12.7 Å². The molecule has 0 bridgehead atoms. The standard InChI is InChI=1S/C14H24O2/c1-6-13(5)10-8-9-11(3)14(13,7-2)16-12(4)15/h6,11H,1,7-10H2,2-5H3/t11-,13-,14-/m1/s1. The quantitative estimate of drug-likeness (QED) is 0.539. The molecule has 0 radical (unpaired) electrons. The third-order valence-corrected chi connectivity index (χ3v) is 4.40. The summed E-state index contributed by atoms with van der Waals surface area (Å²) in [5.74, 6) is 0.224. The van der Waals surface area contributed by atoms with Crippen molar-refractivity contribution in [1.29, 1.82) is 0 Å². The highest BCUT2D eigenvalue weighted by Crippen LogP contribution is 2.52. The van der Waals surface area contributed by atoms with Crippen molar-refractivity contribution in [2.24, 2.45) is 11.3 Å². The first-order valence-electron chi connectivity index (χ1n) is 6.25. The maximum Gasteiger partial charge on any atom is 0.303 e. The number of esters is 1. The van der Waals surface area contributed by atoms with Crippen LogP contribution in [-0.4, -0.2) is 11.6 Å². The maximum atomic E-state index is 11.4. The molecular formula is C14H24O2. The molecular weight excluding hydrogens is 200 g/mol. The van der Waals surface area contributed by atoms with E-state index in [0.717, 1.165) is 19.3 Å². The van der Waals surface area contributed by atoms with Gasteiger partial charge in [0, 0.05) is 12.3 Å². The normalized spacial score (nSPS) is 39.1. The minimum atomic E-state index is -0.362. The van der Waals surface area contributed by atoms with Gasteiger partial charge in [-0.3, -0.25) is 4.79 Å². The Bertz CT molecular complexity index is 284. The molecule has 0 unspecified atom stereocenters. The van der Waals surface area contributed by atoms with Crippen LogP contribution in [0.2, 0.25) is 0 Å². The summed E-state index contributed by atoms with van der Waals surface area (Å²) in [5.41, 5.74) is -0.454. The molecule has 92 valence electrons. The second-order valence-corrected chi connectivity index (χ2v) is 5.25. The average Bonchev–Trinajstić information content (AvgIpc) is 2.23. The number of carbonyl (C=O) groups excluding carboxylic acids is 1. The first-order chi connectivity index (χ1) is 7.42. The summed E-state index contributed by atoms with van der Waals surface area (Å²) in [7, 11) is 0. The summed E-state index contributed by atoms with van der Waals surface area (Å²) in [4.78, 5) is 11.4. The number of rotatable bonds is 3. The van der Waals surface area contributed by atoms with Gasteiger partial charge < -0.3 is 4.74 Å². The summed E-state index contributed by atoms with van der Waals surface area (Å²) < 4.78 is 5.74. The Balaban J connectivity index is 3.15. The Kier molecular flexibility index (Phi) is 3.82. The van der Waals surface area contributed by atoms with Crippen LogP contribution < -0.4 is 0 Å². The van der Waals surface area contributed by atoms with E-state index in [4.69, 9.17) is 4.74 Å². The molecule has 2 heteroatoms. The lowest BCUT2D eigenvalue weighted by atomic mass is 9.58. The third kappa shape index (κ3) is 1.90. The van der Waals surface area contributed by atoms with Gasteiger partial charge >= 0.3 is 5.97 Å². The maximum absolute atomic E-state index is 11.4. The molecule has 1 fully saturated rings.